The van der Waals surface area contributed by atoms with E-state index in [1.807, 2.05) is 51.4 Å². The molecule has 0 bridgehead atoms. The second-order valence-corrected chi connectivity index (χ2v) is 6.18. The molecular formula is C10H26ClF6N4O2P. The van der Waals surface area contributed by atoms with Crippen LogP contribution in [0, 0.1) is 0 Å². The van der Waals surface area contributed by atoms with Crippen molar-refractivity contribution in [3.8, 4) is 0 Å². The SMILES string of the molecule is CNC(OC)=[N+](C)C.CNC(OC)=[N+](C)C.F[P-](F)(F)(F)(F)F.[Cl-]. The summed E-state index contributed by atoms with van der Waals surface area (Å²) in [7, 11) is 3.89. The molecule has 0 unspecified atom stereocenters. The minimum Gasteiger partial charge on any atom is -1.00 e. The van der Waals surface area contributed by atoms with E-state index in [0.717, 1.165) is 12.0 Å². The predicted octanol–water partition coefficient (Wildman–Crippen LogP) is -0.653. The number of hydrogen-bond acceptors (Lipinski definition) is 2. The third-order valence-corrected chi connectivity index (χ3v) is 1.63. The average Bonchev–Trinajstić information content (AvgIpc) is 2.27. The Balaban J connectivity index is -0.000000123. The molecule has 0 atom stereocenters. The smallest absolute Gasteiger partial charge is 1.00 e. The first-order valence-electron chi connectivity index (χ1n) is 5.97. The monoisotopic (exact) mass is 414 g/mol. The number of amidine groups is 2. The van der Waals surface area contributed by atoms with Crippen LogP contribution >= 0.6 is 7.81 Å². The van der Waals surface area contributed by atoms with Crippen molar-refractivity contribution in [2.24, 2.45) is 0 Å². The minimum absolute atomic E-state index is 0. The van der Waals surface area contributed by atoms with Gasteiger partial charge in [-0.05, 0) is 0 Å². The van der Waals surface area contributed by atoms with E-state index in [2.05, 4.69) is 10.6 Å². The van der Waals surface area contributed by atoms with Crippen LogP contribution in [0.1, 0.15) is 0 Å². The van der Waals surface area contributed by atoms with Crippen molar-refractivity contribution < 1.29 is 56.2 Å². The fourth-order valence-corrected chi connectivity index (χ4v) is 1.02. The molecule has 6 nitrogen and oxygen atoms in total. The number of nitrogens with one attached hydrogen (secondary N) is 2. The molecule has 0 saturated carbocycles. The normalized spacial score (nSPS) is 12.1. The van der Waals surface area contributed by atoms with Crippen LogP contribution in [0.3, 0.4) is 0 Å². The summed E-state index contributed by atoms with van der Waals surface area (Å²) in [6, 6.07) is 1.54. The third kappa shape index (κ3) is 37.2. The molecular weight excluding hydrogens is 389 g/mol. The molecule has 0 spiro atoms. The fourth-order valence-electron chi connectivity index (χ4n) is 1.02. The van der Waals surface area contributed by atoms with Crippen molar-refractivity contribution in [1.29, 1.82) is 0 Å². The Kier molecular flexibility index (Phi) is 13.6. The molecule has 14 heteroatoms. The fraction of sp³-hybridized carbons (Fsp3) is 0.800. The van der Waals surface area contributed by atoms with E-state index in [0.29, 0.717) is 0 Å². The largest absolute Gasteiger partial charge is 1.00 e. The molecule has 0 aliphatic heterocycles. The Morgan fingerprint density at radius 2 is 0.875 bits per heavy atom. The van der Waals surface area contributed by atoms with Crippen LogP contribution in [0.4, 0.5) is 25.2 Å². The number of ether oxygens (including phenoxy) is 2. The molecule has 0 amide bonds. The molecule has 0 radical (unpaired) electrons. The number of hydrogen-bond donors (Lipinski definition) is 2. The van der Waals surface area contributed by atoms with Gasteiger partial charge in [-0.25, -0.2) is 19.8 Å². The van der Waals surface area contributed by atoms with Crippen molar-refractivity contribution in [1.82, 2.24) is 10.6 Å². The summed E-state index contributed by atoms with van der Waals surface area (Å²) < 4.78 is 72.7. The van der Waals surface area contributed by atoms with Gasteiger partial charge in [0.2, 0.25) is 0 Å². The summed E-state index contributed by atoms with van der Waals surface area (Å²) >= 11 is 0. The minimum atomic E-state index is -10.7. The van der Waals surface area contributed by atoms with Crippen molar-refractivity contribution in [3.63, 3.8) is 0 Å². The Morgan fingerprint density at radius 1 is 0.708 bits per heavy atom. The molecule has 0 aliphatic carbocycles. The first-order chi connectivity index (χ1) is 9.89. The Labute approximate surface area is 144 Å². The molecule has 0 heterocycles. The molecule has 0 fully saturated rings. The summed E-state index contributed by atoms with van der Waals surface area (Å²) in [6.07, 6.45) is 0. The van der Waals surface area contributed by atoms with E-state index < -0.39 is 7.81 Å². The van der Waals surface area contributed by atoms with Crippen molar-refractivity contribution in [2.45, 2.75) is 0 Å². The van der Waals surface area contributed by atoms with Gasteiger partial charge in [-0.15, -0.1) is 0 Å². The van der Waals surface area contributed by atoms with Crippen molar-refractivity contribution in [2.75, 3.05) is 56.5 Å². The zero-order chi connectivity index (χ0) is 19.5. The van der Waals surface area contributed by atoms with E-state index in [1.165, 1.54) is 0 Å². The van der Waals surface area contributed by atoms with Gasteiger partial charge in [-0.1, -0.05) is 0 Å². The number of halogens is 7. The first-order valence-corrected chi connectivity index (χ1v) is 8.00. The number of rotatable bonds is 0. The second kappa shape index (κ2) is 10.7. The average molecular weight is 415 g/mol. The first kappa shape index (κ1) is 30.7. The molecule has 0 saturated heterocycles. The van der Waals surface area contributed by atoms with E-state index in [-0.39, 0.29) is 12.4 Å². The predicted molar refractivity (Wildman–Crippen MR) is 79.9 cm³/mol. The van der Waals surface area contributed by atoms with Crippen LogP contribution in [-0.4, -0.2) is 77.7 Å². The molecule has 0 aromatic carbocycles. The standard InChI is InChI=1S/2C5H12N2O.ClH.F6P/c2*1-6-5(8-4)7(2)3;;1-7(2,3,4,5)6/h2*1-4H3;1H;/q;;;-1/p+1. The maximum Gasteiger partial charge on any atom is -1.00 e. The Morgan fingerprint density at radius 3 is 0.875 bits per heavy atom. The second-order valence-electron chi connectivity index (χ2n) is 4.27. The van der Waals surface area contributed by atoms with Crippen molar-refractivity contribution >= 4 is 19.9 Å². The Hall–Kier alpha value is -1.16. The molecule has 152 valence electrons. The zero-order valence-corrected chi connectivity index (χ0v) is 16.5. The summed E-state index contributed by atoms with van der Waals surface area (Å²) in [5.74, 6) is 0. The molecule has 0 aromatic heterocycles. The van der Waals surface area contributed by atoms with E-state index >= 15 is 0 Å². The summed E-state index contributed by atoms with van der Waals surface area (Å²) in [5.41, 5.74) is 0. The van der Waals surface area contributed by atoms with Gasteiger partial charge in [-0.3, -0.25) is 0 Å². The van der Waals surface area contributed by atoms with Gasteiger partial charge in [0, 0.05) is 0 Å². The van der Waals surface area contributed by atoms with Gasteiger partial charge in [0.05, 0.1) is 56.5 Å². The molecule has 0 rings (SSSR count). The van der Waals surface area contributed by atoms with Gasteiger partial charge >= 0.3 is 45.0 Å². The quantitative estimate of drug-likeness (QED) is 0.182. The van der Waals surface area contributed by atoms with E-state index in [4.69, 9.17) is 9.47 Å². The van der Waals surface area contributed by atoms with Crippen LogP contribution in [-0.2, 0) is 9.47 Å². The summed E-state index contributed by atoms with van der Waals surface area (Å²) in [4.78, 5) is 0. The van der Waals surface area contributed by atoms with Gasteiger partial charge in [0.1, 0.15) is 0 Å². The van der Waals surface area contributed by atoms with Gasteiger partial charge in [-0.2, -0.15) is 0 Å². The van der Waals surface area contributed by atoms with Crippen LogP contribution in [0.5, 0.6) is 0 Å². The van der Waals surface area contributed by atoms with Crippen LogP contribution in [0.25, 0.3) is 0 Å². The molecule has 2 N–H and O–H groups in total. The topological polar surface area (TPSA) is 48.5 Å². The Bertz CT molecular complexity index is 370. The summed E-state index contributed by atoms with van der Waals surface area (Å²) in [5, 5.41) is 5.74. The third-order valence-electron chi connectivity index (χ3n) is 1.63. The van der Waals surface area contributed by atoms with Crippen molar-refractivity contribution in [3.05, 3.63) is 0 Å². The van der Waals surface area contributed by atoms with Gasteiger partial charge in [0.25, 0.3) is 0 Å². The van der Waals surface area contributed by atoms with E-state index in [9.17, 15) is 25.2 Å². The summed E-state index contributed by atoms with van der Waals surface area (Å²) in [6.45, 7) is 0. The molecule has 0 aliphatic rings. The van der Waals surface area contributed by atoms with Gasteiger partial charge < -0.3 is 21.9 Å². The number of methoxy groups -OCH3 is 2. The number of nitrogens with zero attached hydrogens (tertiary/aromatic N) is 2. The van der Waals surface area contributed by atoms with Crippen LogP contribution in [0.2, 0.25) is 0 Å². The van der Waals surface area contributed by atoms with Crippen LogP contribution < -0.4 is 23.0 Å². The molecule has 24 heavy (non-hydrogen) atoms. The van der Waals surface area contributed by atoms with Crippen LogP contribution in [0.15, 0.2) is 0 Å². The molecule has 0 aromatic rings. The van der Waals surface area contributed by atoms with Gasteiger partial charge in [0.15, 0.2) is 0 Å². The van der Waals surface area contributed by atoms with E-state index in [1.54, 1.807) is 14.2 Å². The maximum atomic E-state index is 9.87. The zero-order valence-electron chi connectivity index (χ0n) is 14.8. The maximum absolute atomic E-state index is 10.7.